The molecule has 7 heteroatoms. The molecule has 0 bridgehead atoms. The Morgan fingerprint density at radius 3 is 2.73 bits per heavy atom. The third-order valence-electron chi connectivity index (χ3n) is 4.33. The van der Waals surface area contributed by atoms with E-state index in [1.165, 1.54) is 22.8 Å². The molecule has 1 aliphatic carbocycles. The maximum atomic E-state index is 12.9. The smallest absolute Gasteiger partial charge is 0.311 e. The highest BCUT2D eigenvalue weighted by Crippen LogP contribution is 2.42. The molecule has 1 aliphatic rings. The zero-order chi connectivity index (χ0) is 16.2. The van der Waals surface area contributed by atoms with Gasteiger partial charge in [0.15, 0.2) is 5.78 Å². The van der Waals surface area contributed by atoms with E-state index in [4.69, 9.17) is 0 Å². The Bertz CT molecular complexity index is 865. The van der Waals surface area contributed by atoms with Gasteiger partial charge in [0.25, 0.3) is 5.56 Å². The molecule has 2 unspecified atom stereocenters. The van der Waals surface area contributed by atoms with Gasteiger partial charge < -0.3 is 5.11 Å². The number of aryl methyl sites for hydroxylation is 2. The van der Waals surface area contributed by atoms with Gasteiger partial charge in [-0.1, -0.05) is 0 Å². The van der Waals surface area contributed by atoms with E-state index < -0.39 is 17.9 Å². The van der Waals surface area contributed by atoms with Crippen molar-refractivity contribution in [2.75, 3.05) is 0 Å². The fraction of sp³-hybridized carbons (Fsp3) is 0.467. The summed E-state index contributed by atoms with van der Waals surface area (Å²) < 4.78 is 1.37. The number of fused-ring (bicyclic) bond motifs is 3. The minimum absolute atomic E-state index is 0.131. The van der Waals surface area contributed by atoms with Crippen molar-refractivity contribution in [1.29, 1.82) is 0 Å². The molecule has 0 saturated heterocycles. The number of carboxylic acid groups (broad SMARTS) is 1. The zero-order valence-electron chi connectivity index (χ0n) is 12.5. The SMILES string of the molecule is CC(=O)C(C)n1c(C)nc2sc3c(c2c1=O)C(C(=O)O)CC3. The highest BCUT2D eigenvalue weighted by molar-refractivity contribution is 7.18. The van der Waals surface area contributed by atoms with Crippen molar-refractivity contribution >= 4 is 33.3 Å². The molecule has 0 amide bonds. The van der Waals surface area contributed by atoms with Gasteiger partial charge in [-0.05, 0) is 39.2 Å². The quantitative estimate of drug-likeness (QED) is 0.934. The van der Waals surface area contributed by atoms with Gasteiger partial charge in [-0.2, -0.15) is 0 Å². The predicted molar refractivity (Wildman–Crippen MR) is 82.7 cm³/mol. The Balaban J connectivity index is 2.35. The molecule has 6 nitrogen and oxygen atoms in total. The lowest BCUT2D eigenvalue weighted by Gasteiger charge is -2.15. The Morgan fingerprint density at radius 1 is 1.45 bits per heavy atom. The van der Waals surface area contributed by atoms with Crippen LogP contribution in [0.1, 0.15) is 48.5 Å². The van der Waals surface area contributed by atoms with Crippen LogP contribution in [0.4, 0.5) is 0 Å². The third-order valence-corrected chi connectivity index (χ3v) is 5.49. The van der Waals surface area contributed by atoms with Crippen molar-refractivity contribution in [3.05, 3.63) is 26.6 Å². The Hall–Kier alpha value is -2.02. The highest BCUT2D eigenvalue weighted by atomic mass is 32.1. The lowest BCUT2D eigenvalue weighted by Crippen LogP contribution is -2.30. The summed E-state index contributed by atoms with van der Waals surface area (Å²) in [6.45, 7) is 4.78. The van der Waals surface area contributed by atoms with E-state index in [2.05, 4.69) is 4.98 Å². The second kappa shape index (κ2) is 5.01. The van der Waals surface area contributed by atoms with Gasteiger partial charge in [-0.25, -0.2) is 4.98 Å². The summed E-state index contributed by atoms with van der Waals surface area (Å²) in [5.41, 5.74) is 0.297. The second-order valence-electron chi connectivity index (χ2n) is 5.67. The molecular formula is C15H16N2O4S. The molecule has 2 atom stereocenters. The maximum Gasteiger partial charge on any atom is 0.311 e. The number of Topliss-reactive ketones (excluding diaryl/α,β-unsaturated/α-hetero) is 1. The first kappa shape index (κ1) is 14.9. The number of hydrogen-bond donors (Lipinski definition) is 1. The highest BCUT2D eigenvalue weighted by Gasteiger charge is 2.34. The topological polar surface area (TPSA) is 89.3 Å². The standard InChI is InChI=1S/C15H16N2O4S/c1-6(7(2)18)17-8(3)16-13-12(14(17)19)11-9(15(20)21)4-5-10(11)22-13/h6,9H,4-5H2,1-3H3,(H,20,21). The van der Waals surface area contributed by atoms with Crippen LogP contribution in [0.15, 0.2) is 4.79 Å². The first-order valence-electron chi connectivity index (χ1n) is 7.10. The van der Waals surface area contributed by atoms with E-state index in [0.717, 1.165) is 4.88 Å². The van der Waals surface area contributed by atoms with Crippen molar-refractivity contribution < 1.29 is 14.7 Å². The summed E-state index contributed by atoms with van der Waals surface area (Å²) >= 11 is 1.39. The van der Waals surface area contributed by atoms with Gasteiger partial charge in [0, 0.05) is 4.88 Å². The fourth-order valence-electron chi connectivity index (χ4n) is 3.09. The van der Waals surface area contributed by atoms with Crippen LogP contribution >= 0.6 is 11.3 Å². The lowest BCUT2D eigenvalue weighted by atomic mass is 10.0. The number of ketones is 1. The number of carboxylic acids is 1. The van der Waals surface area contributed by atoms with E-state index in [-0.39, 0.29) is 11.3 Å². The van der Waals surface area contributed by atoms with Crippen LogP contribution in [0.2, 0.25) is 0 Å². The fourth-order valence-corrected chi connectivity index (χ4v) is 4.37. The Kier molecular flexibility index (Phi) is 3.40. The molecule has 2 heterocycles. The van der Waals surface area contributed by atoms with Gasteiger partial charge in [0.2, 0.25) is 0 Å². The molecule has 1 N–H and O–H groups in total. The van der Waals surface area contributed by atoms with Crippen LogP contribution in [-0.2, 0) is 16.0 Å². The van der Waals surface area contributed by atoms with E-state index in [1.54, 1.807) is 13.8 Å². The van der Waals surface area contributed by atoms with E-state index in [1.807, 2.05) is 0 Å². The summed E-state index contributed by atoms with van der Waals surface area (Å²) in [5, 5.41) is 9.75. The molecule has 0 fully saturated rings. The van der Waals surface area contributed by atoms with Crippen LogP contribution < -0.4 is 5.56 Å². The summed E-state index contributed by atoms with van der Waals surface area (Å²) in [7, 11) is 0. The minimum Gasteiger partial charge on any atom is -0.481 e. The molecule has 0 aromatic carbocycles. The van der Waals surface area contributed by atoms with Crippen molar-refractivity contribution in [3.63, 3.8) is 0 Å². The number of aromatic nitrogens is 2. The number of nitrogens with zero attached hydrogens (tertiary/aromatic N) is 2. The van der Waals surface area contributed by atoms with Gasteiger partial charge in [0.1, 0.15) is 10.7 Å². The van der Waals surface area contributed by atoms with Crippen LogP contribution in [0.25, 0.3) is 10.2 Å². The predicted octanol–water partition coefficient (Wildman–Crippen LogP) is 2.03. The van der Waals surface area contributed by atoms with Crippen LogP contribution in [0.5, 0.6) is 0 Å². The van der Waals surface area contributed by atoms with Crippen LogP contribution in [0.3, 0.4) is 0 Å². The molecule has 0 spiro atoms. The number of hydrogen-bond acceptors (Lipinski definition) is 5. The number of aliphatic carboxylic acids is 1. The van der Waals surface area contributed by atoms with Gasteiger partial charge >= 0.3 is 5.97 Å². The molecule has 2 aromatic heterocycles. The molecule has 0 radical (unpaired) electrons. The van der Waals surface area contributed by atoms with Crippen molar-refractivity contribution in [3.8, 4) is 0 Å². The largest absolute Gasteiger partial charge is 0.481 e. The van der Waals surface area contributed by atoms with E-state index in [0.29, 0.717) is 34.4 Å². The third kappa shape index (κ3) is 1.99. The monoisotopic (exact) mass is 320 g/mol. The summed E-state index contributed by atoms with van der Waals surface area (Å²) in [5.74, 6) is -1.22. The van der Waals surface area contributed by atoms with E-state index in [9.17, 15) is 19.5 Å². The maximum absolute atomic E-state index is 12.9. The van der Waals surface area contributed by atoms with Gasteiger partial charge in [0.05, 0.1) is 17.3 Å². The first-order chi connectivity index (χ1) is 10.3. The normalized spacial score (nSPS) is 18.4. The minimum atomic E-state index is -0.912. The lowest BCUT2D eigenvalue weighted by molar-refractivity contribution is -0.138. The average Bonchev–Trinajstić information content (AvgIpc) is 2.95. The summed E-state index contributed by atoms with van der Waals surface area (Å²) in [6, 6.07) is -0.607. The second-order valence-corrected chi connectivity index (χ2v) is 6.75. The number of carbonyl (C=O) groups excluding carboxylic acids is 1. The molecule has 2 aromatic rings. The summed E-state index contributed by atoms with van der Waals surface area (Å²) in [6.07, 6.45) is 1.18. The Morgan fingerprint density at radius 2 is 2.14 bits per heavy atom. The van der Waals surface area contributed by atoms with Crippen LogP contribution in [0, 0.1) is 6.92 Å². The first-order valence-corrected chi connectivity index (χ1v) is 7.92. The number of carbonyl (C=O) groups is 2. The molecule has 3 rings (SSSR count). The van der Waals surface area contributed by atoms with Gasteiger partial charge in [-0.3, -0.25) is 19.0 Å². The number of thiophene rings is 1. The van der Waals surface area contributed by atoms with Gasteiger partial charge in [-0.15, -0.1) is 11.3 Å². The number of rotatable bonds is 3. The summed E-state index contributed by atoms with van der Waals surface area (Å²) in [4.78, 5) is 41.9. The van der Waals surface area contributed by atoms with Crippen molar-refractivity contribution in [1.82, 2.24) is 9.55 Å². The molecule has 116 valence electrons. The Labute approximate surface area is 130 Å². The molecular weight excluding hydrogens is 304 g/mol. The molecule has 0 saturated carbocycles. The molecule has 22 heavy (non-hydrogen) atoms. The average molecular weight is 320 g/mol. The molecule has 0 aliphatic heterocycles. The van der Waals surface area contributed by atoms with Crippen LogP contribution in [-0.4, -0.2) is 26.4 Å². The van der Waals surface area contributed by atoms with Crippen molar-refractivity contribution in [2.45, 2.75) is 45.6 Å². The zero-order valence-corrected chi connectivity index (χ0v) is 13.4. The van der Waals surface area contributed by atoms with Crippen molar-refractivity contribution in [2.24, 2.45) is 0 Å². The van der Waals surface area contributed by atoms with E-state index >= 15 is 0 Å².